The monoisotopic (exact) mass is 274 g/mol. The van der Waals surface area contributed by atoms with E-state index < -0.39 is 0 Å². The Kier molecular flexibility index (Phi) is 4.81. The molecule has 20 heavy (non-hydrogen) atoms. The Morgan fingerprint density at radius 2 is 2.20 bits per heavy atom. The molecule has 1 aromatic carbocycles. The first kappa shape index (κ1) is 15.0. The number of amides is 1. The van der Waals surface area contributed by atoms with Gasteiger partial charge in [-0.1, -0.05) is 44.0 Å². The molecule has 1 fully saturated rings. The summed E-state index contributed by atoms with van der Waals surface area (Å²) in [6.07, 6.45) is 4.86. The molecule has 0 saturated heterocycles. The summed E-state index contributed by atoms with van der Waals surface area (Å²) < 4.78 is 0. The quantitative estimate of drug-likeness (QED) is 0.886. The predicted molar refractivity (Wildman–Crippen MR) is 82.4 cm³/mol. The summed E-state index contributed by atoms with van der Waals surface area (Å²) in [5.41, 5.74) is 8.04. The van der Waals surface area contributed by atoms with Crippen LogP contribution in [-0.2, 0) is 11.2 Å². The molecular weight excluding hydrogens is 248 g/mol. The molecule has 0 radical (unpaired) electrons. The molecule has 110 valence electrons. The van der Waals surface area contributed by atoms with Gasteiger partial charge in [0.2, 0.25) is 5.91 Å². The second kappa shape index (κ2) is 6.40. The summed E-state index contributed by atoms with van der Waals surface area (Å²) in [5.74, 6) is 0.741. The van der Waals surface area contributed by atoms with Gasteiger partial charge in [-0.2, -0.15) is 0 Å². The molecule has 1 saturated carbocycles. The molecule has 0 aromatic heterocycles. The van der Waals surface area contributed by atoms with E-state index in [1.165, 1.54) is 12.0 Å². The Balaban J connectivity index is 2.01. The van der Waals surface area contributed by atoms with Crippen LogP contribution in [0.25, 0.3) is 0 Å². The SMILES string of the molecule is Cc1ccccc1CC(=O)NC1(CN)CCCC(C)C1. The second-order valence-electron chi connectivity index (χ2n) is 6.34. The highest BCUT2D eigenvalue weighted by molar-refractivity contribution is 5.79. The molecule has 3 heteroatoms. The minimum Gasteiger partial charge on any atom is -0.349 e. The van der Waals surface area contributed by atoms with E-state index in [9.17, 15) is 4.79 Å². The molecule has 2 rings (SSSR count). The van der Waals surface area contributed by atoms with Gasteiger partial charge in [-0.15, -0.1) is 0 Å². The number of nitrogens with two attached hydrogens (primary N) is 1. The van der Waals surface area contributed by atoms with Gasteiger partial charge in [-0.3, -0.25) is 4.79 Å². The zero-order chi connectivity index (χ0) is 14.6. The Labute approximate surface area is 121 Å². The molecule has 1 aliphatic carbocycles. The molecule has 2 atom stereocenters. The summed E-state index contributed by atoms with van der Waals surface area (Å²) >= 11 is 0. The minimum atomic E-state index is -0.183. The fraction of sp³-hybridized carbons (Fsp3) is 0.588. The maximum atomic E-state index is 12.3. The van der Waals surface area contributed by atoms with Gasteiger partial charge in [0.1, 0.15) is 0 Å². The lowest BCUT2D eigenvalue weighted by Gasteiger charge is -2.40. The molecule has 0 spiro atoms. The van der Waals surface area contributed by atoms with Crippen molar-refractivity contribution in [2.75, 3.05) is 6.54 Å². The maximum Gasteiger partial charge on any atom is 0.224 e. The Bertz CT molecular complexity index is 472. The van der Waals surface area contributed by atoms with Crippen molar-refractivity contribution < 1.29 is 4.79 Å². The zero-order valence-corrected chi connectivity index (χ0v) is 12.6. The molecule has 1 aromatic rings. The van der Waals surface area contributed by atoms with Crippen LogP contribution >= 0.6 is 0 Å². The van der Waals surface area contributed by atoms with Crippen LogP contribution in [0.4, 0.5) is 0 Å². The van der Waals surface area contributed by atoms with E-state index in [4.69, 9.17) is 5.73 Å². The van der Waals surface area contributed by atoms with Gasteiger partial charge in [0.25, 0.3) is 0 Å². The Hall–Kier alpha value is -1.35. The third-order valence-corrected chi connectivity index (χ3v) is 4.50. The first-order valence-electron chi connectivity index (χ1n) is 7.60. The normalized spacial score (nSPS) is 26.2. The third kappa shape index (κ3) is 3.60. The van der Waals surface area contributed by atoms with Crippen LogP contribution in [0.5, 0.6) is 0 Å². The van der Waals surface area contributed by atoms with Crippen LogP contribution < -0.4 is 11.1 Å². The van der Waals surface area contributed by atoms with Gasteiger partial charge in [-0.25, -0.2) is 0 Å². The lowest BCUT2D eigenvalue weighted by molar-refractivity contribution is -0.122. The van der Waals surface area contributed by atoms with Crippen LogP contribution in [0.1, 0.15) is 43.7 Å². The Morgan fingerprint density at radius 1 is 1.45 bits per heavy atom. The Morgan fingerprint density at radius 3 is 2.85 bits per heavy atom. The standard InChI is InChI=1S/C17H26N2O/c1-13-6-5-9-17(11-13,12-18)19-16(20)10-15-8-4-3-7-14(15)2/h3-4,7-8,13H,5-6,9-12,18H2,1-2H3,(H,19,20). The van der Waals surface area contributed by atoms with Gasteiger partial charge in [0.05, 0.1) is 12.0 Å². The van der Waals surface area contributed by atoms with Crippen LogP contribution in [0, 0.1) is 12.8 Å². The van der Waals surface area contributed by atoms with Crippen LogP contribution in [-0.4, -0.2) is 18.0 Å². The molecule has 0 bridgehead atoms. The van der Waals surface area contributed by atoms with Crippen molar-refractivity contribution in [2.45, 2.75) is 51.5 Å². The number of nitrogens with one attached hydrogen (secondary N) is 1. The van der Waals surface area contributed by atoms with Crippen LogP contribution in [0.15, 0.2) is 24.3 Å². The first-order chi connectivity index (χ1) is 9.54. The minimum absolute atomic E-state index is 0.0962. The van der Waals surface area contributed by atoms with E-state index >= 15 is 0 Å². The van der Waals surface area contributed by atoms with Gasteiger partial charge in [0.15, 0.2) is 0 Å². The smallest absolute Gasteiger partial charge is 0.224 e. The fourth-order valence-electron chi connectivity index (χ4n) is 3.33. The van der Waals surface area contributed by atoms with E-state index in [0.717, 1.165) is 24.8 Å². The number of aryl methyl sites for hydroxylation is 1. The van der Waals surface area contributed by atoms with Crippen molar-refractivity contribution in [1.29, 1.82) is 0 Å². The van der Waals surface area contributed by atoms with Gasteiger partial charge in [-0.05, 0) is 36.8 Å². The van der Waals surface area contributed by atoms with Crippen molar-refractivity contribution in [2.24, 2.45) is 11.7 Å². The summed E-state index contributed by atoms with van der Waals surface area (Å²) in [5, 5.41) is 3.22. The highest BCUT2D eigenvalue weighted by atomic mass is 16.1. The molecule has 3 N–H and O–H groups in total. The molecular formula is C17H26N2O. The van der Waals surface area contributed by atoms with E-state index in [1.807, 2.05) is 31.2 Å². The average molecular weight is 274 g/mol. The van der Waals surface area contributed by atoms with Crippen molar-refractivity contribution in [3.8, 4) is 0 Å². The zero-order valence-electron chi connectivity index (χ0n) is 12.6. The maximum absolute atomic E-state index is 12.3. The van der Waals surface area contributed by atoms with E-state index in [2.05, 4.69) is 12.2 Å². The number of benzene rings is 1. The highest BCUT2D eigenvalue weighted by Crippen LogP contribution is 2.31. The van der Waals surface area contributed by atoms with Crippen LogP contribution in [0.3, 0.4) is 0 Å². The first-order valence-corrected chi connectivity index (χ1v) is 7.60. The van der Waals surface area contributed by atoms with Gasteiger partial charge >= 0.3 is 0 Å². The third-order valence-electron chi connectivity index (χ3n) is 4.50. The van der Waals surface area contributed by atoms with Gasteiger partial charge in [0, 0.05) is 6.54 Å². The predicted octanol–water partition coefficient (Wildman–Crippen LogP) is 2.56. The van der Waals surface area contributed by atoms with Gasteiger partial charge < -0.3 is 11.1 Å². The number of carbonyl (C=O) groups excluding carboxylic acids is 1. The van der Waals surface area contributed by atoms with Crippen molar-refractivity contribution >= 4 is 5.91 Å². The number of hydrogen-bond acceptors (Lipinski definition) is 2. The van der Waals surface area contributed by atoms with E-state index in [1.54, 1.807) is 0 Å². The van der Waals surface area contributed by atoms with Crippen LogP contribution in [0.2, 0.25) is 0 Å². The second-order valence-corrected chi connectivity index (χ2v) is 6.34. The molecule has 1 amide bonds. The fourth-order valence-corrected chi connectivity index (χ4v) is 3.33. The molecule has 0 aliphatic heterocycles. The topological polar surface area (TPSA) is 55.1 Å². The van der Waals surface area contributed by atoms with E-state index in [-0.39, 0.29) is 11.4 Å². The molecule has 0 heterocycles. The average Bonchev–Trinajstić information content (AvgIpc) is 2.41. The lowest BCUT2D eigenvalue weighted by atomic mass is 9.76. The molecule has 3 nitrogen and oxygen atoms in total. The van der Waals surface area contributed by atoms with Crippen molar-refractivity contribution in [3.63, 3.8) is 0 Å². The highest BCUT2D eigenvalue weighted by Gasteiger charge is 2.34. The number of carbonyl (C=O) groups is 1. The largest absolute Gasteiger partial charge is 0.349 e. The summed E-state index contributed by atoms with van der Waals surface area (Å²) in [6, 6.07) is 8.05. The summed E-state index contributed by atoms with van der Waals surface area (Å²) in [6.45, 7) is 4.83. The van der Waals surface area contributed by atoms with E-state index in [0.29, 0.717) is 18.9 Å². The lowest BCUT2D eigenvalue weighted by Crippen LogP contribution is -2.56. The summed E-state index contributed by atoms with van der Waals surface area (Å²) in [4.78, 5) is 12.3. The van der Waals surface area contributed by atoms with Crippen molar-refractivity contribution in [3.05, 3.63) is 35.4 Å². The summed E-state index contributed by atoms with van der Waals surface area (Å²) in [7, 11) is 0. The molecule has 2 unspecified atom stereocenters. The molecule has 1 aliphatic rings. The number of hydrogen-bond donors (Lipinski definition) is 2. The van der Waals surface area contributed by atoms with Crippen molar-refractivity contribution in [1.82, 2.24) is 5.32 Å². The number of rotatable bonds is 4.